The minimum atomic E-state index is -4.77. The number of alkyl halides is 4. The molecule has 4 nitrogen and oxygen atoms in total. The van der Waals surface area contributed by atoms with Crippen molar-refractivity contribution >= 4 is 0 Å². The molecule has 0 spiro atoms. The van der Waals surface area contributed by atoms with Crippen LogP contribution in [0.3, 0.4) is 0 Å². The summed E-state index contributed by atoms with van der Waals surface area (Å²) in [6, 6.07) is -1.68. The molecule has 1 aliphatic rings. The van der Waals surface area contributed by atoms with E-state index in [1.54, 1.807) is 5.32 Å². The van der Waals surface area contributed by atoms with Crippen molar-refractivity contribution in [3.63, 3.8) is 0 Å². The summed E-state index contributed by atoms with van der Waals surface area (Å²) in [5.74, 6) is -9.54. The van der Waals surface area contributed by atoms with Crippen LogP contribution in [0.5, 0.6) is 0 Å². The number of aliphatic hydroxyl groups excluding tert-OH is 3. The molecule has 0 aromatic heterocycles. The van der Waals surface area contributed by atoms with Gasteiger partial charge in [0.15, 0.2) is 6.23 Å². The van der Waals surface area contributed by atoms with E-state index in [1.165, 1.54) is 0 Å². The zero-order chi connectivity index (χ0) is 11.1. The molecule has 1 fully saturated rings. The van der Waals surface area contributed by atoms with E-state index in [1.807, 2.05) is 0 Å². The highest BCUT2D eigenvalue weighted by atomic mass is 19.3. The number of hydrogen-bond acceptors (Lipinski definition) is 4. The maximum absolute atomic E-state index is 12.8. The average Bonchev–Trinajstić information content (AvgIpc) is 2.10. The molecular weight excluding hydrogens is 210 g/mol. The fourth-order valence-electron chi connectivity index (χ4n) is 1.18. The predicted octanol–water partition coefficient (Wildman–Crippen LogP) is -1.10. The van der Waals surface area contributed by atoms with E-state index >= 15 is 0 Å². The standard InChI is InChI=1S/C6H9F4NO3/c7-5(8)3(13)2(1-12)11-4(14)6(5,9)10/h2-4,11-14H,1H2/t2-,3+,4?/m0/s1. The molecule has 8 heteroatoms. The molecule has 1 heterocycles. The van der Waals surface area contributed by atoms with Crippen LogP contribution in [0.2, 0.25) is 0 Å². The van der Waals surface area contributed by atoms with Crippen LogP contribution in [-0.2, 0) is 0 Å². The first-order valence-electron chi connectivity index (χ1n) is 3.73. The fourth-order valence-corrected chi connectivity index (χ4v) is 1.18. The largest absolute Gasteiger partial charge is 0.395 e. The summed E-state index contributed by atoms with van der Waals surface area (Å²) in [5, 5.41) is 27.5. The third kappa shape index (κ3) is 1.38. The molecule has 0 amide bonds. The summed E-state index contributed by atoms with van der Waals surface area (Å²) in [5.41, 5.74) is 0. The Labute approximate surface area is 76.2 Å². The minimum absolute atomic E-state index is 0.982. The molecular formula is C6H9F4NO3. The van der Waals surface area contributed by atoms with Crippen molar-refractivity contribution < 1.29 is 32.9 Å². The fraction of sp³-hybridized carbons (Fsp3) is 1.00. The molecule has 0 saturated carbocycles. The molecule has 0 radical (unpaired) electrons. The van der Waals surface area contributed by atoms with E-state index < -0.39 is 36.8 Å². The smallest absolute Gasteiger partial charge is 0.351 e. The zero-order valence-corrected chi connectivity index (χ0v) is 6.79. The Balaban J connectivity index is 2.98. The number of halogens is 4. The van der Waals surface area contributed by atoms with Crippen molar-refractivity contribution in [2.45, 2.75) is 30.2 Å². The number of piperidine rings is 1. The monoisotopic (exact) mass is 219 g/mol. The van der Waals surface area contributed by atoms with Gasteiger partial charge >= 0.3 is 11.8 Å². The summed E-state index contributed by atoms with van der Waals surface area (Å²) in [7, 11) is 0. The highest BCUT2D eigenvalue weighted by Crippen LogP contribution is 2.42. The van der Waals surface area contributed by atoms with E-state index in [0.29, 0.717) is 0 Å². The Kier molecular flexibility index (Phi) is 2.74. The Hall–Kier alpha value is -0.440. The summed E-state index contributed by atoms with van der Waals surface area (Å²) in [6.45, 7) is -0.982. The van der Waals surface area contributed by atoms with Gasteiger partial charge in [-0.3, -0.25) is 5.32 Å². The van der Waals surface area contributed by atoms with Crippen LogP contribution >= 0.6 is 0 Å². The quantitative estimate of drug-likeness (QED) is 0.422. The van der Waals surface area contributed by atoms with E-state index in [4.69, 9.17) is 15.3 Å². The maximum Gasteiger partial charge on any atom is 0.351 e. The highest BCUT2D eigenvalue weighted by Gasteiger charge is 2.69. The van der Waals surface area contributed by atoms with Gasteiger partial charge in [-0.05, 0) is 0 Å². The minimum Gasteiger partial charge on any atom is -0.395 e. The van der Waals surface area contributed by atoms with Gasteiger partial charge in [0.2, 0.25) is 0 Å². The van der Waals surface area contributed by atoms with Gasteiger partial charge in [0.05, 0.1) is 12.6 Å². The second kappa shape index (κ2) is 3.30. The molecule has 3 atom stereocenters. The molecule has 0 aromatic rings. The van der Waals surface area contributed by atoms with Crippen molar-refractivity contribution in [1.82, 2.24) is 5.32 Å². The first-order valence-corrected chi connectivity index (χ1v) is 3.73. The lowest BCUT2D eigenvalue weighted by Gasteiger charge is -2.42. The van der Waals surface area contributed by atoms with Crippen molar-refractivity contribution in [3.8, 4) is 0 Å². The van der Waals surface area contributed by atoms with Gasteiger partial charge in [-0.25, -0.2) is 0 Å². The topological polar surface area (TPSA) is 72.7 Å². The zero-order valence-electron chi connectivity index (χ0n) is 6.79. The Bertz CT molecular complexity index is 225. The summed E-state index contributed by atoms with van der Waals surface area (Å²) in [4.78, 5) is 0. The molecule has 84 valence electrons. The molecule has 4 N–H and O–H groups in total. The van der Waals surface area contributed by atoms with Crippen molar-refractivity contribution in [2.24, 2.45) is 0 Å². The normalized spacial score (nSPS) is 40.9. The van der Waals surface area contributed by atoms with Crippen LogP contribution in [-0.4, -0.2) is 52.1 Å². The van der Waals surface area contributed by atoms with Gasteiger partial charge in [-0.2, -0.15) is 17.6 Å². The van der Waals surface area contributed by atoms with Crippen LogP contribution in [0, 0.1) is 0 Å². The lowest BCUT2D eigenvalue weighted by atomic mass is 9.93. The number of aliphatic hydroxyl groups is 3. The third-order valence-electron chi connectivity index (χ3n) is 2.11. The average molecular weight is 219 g/mol. The highest BCUT2D eigenvalue weighted by molar-refractivity contribution is 5.04. The van der Waals surface area contributed by atoms with Gasteiger partial charge < -0.3 is 15.3 Å². The molecule has 14 heavy (non-hydrogen) atoms. The molecule has 0 aliphatic carbocycles. The number of nitrogens with one attached hydrogen (secondary N) is 1. The summed E-state index contributed by atoms with van der Waals surface area (Å²) >= 11 is 0. The second-order valence-electron chi connectivity index (χ2n) is 3.05. The molecule has 1 aliphatic heterocycles. The van der Waals surface area contributed by atoms with E-state index in [0.717, 1.165) is 0 Å². The molecule has 1 saturated heterocycles. The molecule has 1 rings (SSSR count). The Morgan fingerprint density at radius 3 is 2.00 bits per heavy atom. The first-order chi connectivity index (χ1) is 6.25. The van der Waals surface area contributed by atoms with Crippen LogP contribution in [0.4, 0.5) is 17.6 Å². The van der Waals surface area contributed by atoms with Crippen LogP contribution < -0.4 is 5.32 Å². The van der Waals surface area contributed by atoms with E-state index in [2.05, 4.69) is 0 Å². The first kappa shape index (κ1) is 11.6. The Morgan fingerprint density at radius 2 is 1.57 bits per heavy atom. The van der Waals surface area contributed by atoms with Crippen molar-refractivity contribution in [3.05, 3.63) is 0 Å². The van der Waals surface area contributed by atoms with Gasteiger partial charge in [0, 0.05) is 0 Å². The van der Waals surface area contributed by atoms with Gasteiger partial charge in [0.25, 0.3) is 0 Å². The Morgan fingerprint density at radius 1 is 1.07 bits per heavy atom. The van der Waals surface area contributed by atoms with Gasteiger partial charge in [0.1, 0.15) is 6.10 Å². The second-order valence-corrected chi connectivity index (χ2v) is 3.05. The van der Waals surface area contributed by atoms with Crippen LogP contribution in [0.25, 0.3) is 0 Å². The molecule has 0 aromatic carbocycles. The third-order valence-corrected chi connectivity index (χ3v) is 2.11. The summed E-state index contributed by atoms with van der Waals surface area (Å²) in [6.07, 6.45) is -5.54. The summed E-state index contributed by atoms with van der Waals surface area (Å²) < 4.78 is 50.8. The lowest BCUT2D eigenvalue weighted by Crippen LogP contribution is -2.72. The van der Waals surface area contributed by atoms with Crippen LogP contribution in [0.1, 0.15) is 0 Å². The predicted molar refractivity (Wildman–Crippen MR) is 35.9 cm³/mol. The molecule has 0 bridgehead atoms. The van der Waals surface area contributed by atoms with Gasteiger partial charge in [-0.15, -0.1) is 0 Å². The van der Waals surface area contributed by atoms with E-state index in [9.17, 15) is 17.6 Å². The molecule has 1 unspecified atom stereocenters. The van der Waals surface area contributed by atoms with Crippen molar-refractivity contribution in [1.29, 1.82) is 0 Å². The van der Waals surface area contributed by atoms with Crippen molar-refractivity contribution in [2.75, 3.05) is 6.61 Å². The SMILES string of the molecule is OC[C@@H]1NC(O)C(F)(F)C(F)(F)[C@@H]1O. The lowest BCUT2D eigenvalue weighted by molar-refractivity contribution is -0.320. The van der Waals surface area contributed by atoms with Crippen LogP contribution in [0.15, 0.2) is 0 Å². The number of hydrogen-bond donors (Lipinski definition) is 4. The van der Waals surface area contributed by atoms with Gasteiger partial charge in [-0.1, -0.05) is 0 Å². The maximum atomic E-state index is 12.8. The number of rotatable bonds is 1. The van der Waals surface area contributed by atoms with E-state index in [-0.39, 0.29) is 0 Å².